The Labute approximate surface area is 187 Å². The zero-order valence-electron chi connectivity index (χ0n) is 17.9. The van der Waals surface area contributed by atoms with Crippen molar-refractivity contribution < 1.29 is 18.3 Å². The maximum atomic E-state index is 14.2. The molecule has 0 atom stereocenters. The summed E-state index contributed by atoms with van der Waals surface area (Å²) >= 11 is 0. The maximum Gasteiger partial charge on any atom is 0.256 e. The van der Waals surface area contributed by atoms with Crippen LogP contribution in [0.3, 0.4) is 0 Å². The van der Waals surface area contributed by atoms with Gasteiger partial charge in [0.05, 0.1) is 25.3 Å². The molecule has 4 rings (SSSR count). The van der Waals surface area contributed by atoms with Crippen LogP contribution in [-0.4, -0.2) is 59.8 Å². The standard InChI is InChI=1S/C23H24F2N4O4/c24-17-3-1-4-18(25)15(17)13-29-14-16(22(31)21-19(29)5-6-20(30)27-21)23(32)26-7-2-8-28-9-11-33-12-10-28/h1,3-6,14H,2,7-13H2,(H,26,32)(H,27,30). The van der Waals surface area contributed by atoms with E-state index in [0.29, 0.717) is 26.2 Å². The number of benzene rings is 1. The van der Waals surface area contributed by atoms with Gasteiger partial charge in [-0.1, -0.05) is 6.07 Å². The molecule has 0 radical (unpaired) electrons. The number of ether oxygens (including phenoxy) is 1. The van der Waals surface area contributed by atoms with Crippen molar-refractivity contribution >= 4 is 16.9 Å². The van der Waals surface area contributed by atoms with Crippen LogP contribution in [0.4, 0.5) is 8.78 Å². The summed E-state index contributed by atoms with van der Waals surface area (Å²) in [5.41, 5.74) is -1.45. The van der Waals surface area contributed by atoms with Crippen molar-refractivity contribution in [3.8, 4) is 0 Å². The molecule has 0 bridgehead atoms. The van der Waals surface area contributed by atoms with E-state index in [0.717, 1.165) is 31.8 Å². The van der Waals surface area contributed by atoms with Gasteiger partial charge in [-0.25, -0.2) is 8.78 Å². The highest BCUT2D eigenvalue weighted by atomic mass is 19.1. The molecular weight excluding hydrogens is 434 g/mol. The van der Waals surface area contributed by atoms with Gasteiger partial charge in [-0.05, 0) is 31.2 Å². The number of hydrogen-bond acceptors (Lipinski definition) is 5. The average Bonchev–Trinajstić information content (AvgIpc) is 2.81. The minimum Gasteiger partial charge on any atom is -0.379 e. The molecule has 0 spiro atoms. The van der Waals surface area contributed by atoms with Gasteiger partial charge in [0.2, 0.25) is 11.0 Å². The summed E-state index contributed by atoms with van der Waals surface area (Å²) in [6.07, 6.45) is 1.96. The van der Waals surface area contributed by atoms with Crippen molar-refractivity contribution in [1.29, 1.82) is 0 Å². The fraction of sp³-hybridized carbons (Fsp3) is 0.348. The Kier molecular flexibility index (Phi) is 6.95. The second kappa shape index (κ2) is 10.1. The lowest BCUT2D eigenvalue weighted by molar-refractivity contribution is 0.0374. The van der Waals surface area contributed by atoms with Gasteiger partial charge in [-0.15, -0.1) is 0 Å². The van der Waals surface area contributed by atoms with E-state index in [1.165, 1.54) is 29.0 Å². The molecule has 3 heterocycles. The Balaban J connectivity index is 1.59. The molecule has 0 saturated carbocycles. The molecule has 174 valence electrons. The van der Waals surface area contributed by atoms with E-state index < -0.39 is 28.5 Å². The Morgan fingerprint density at radius 2 is 1.82 bits per heavy atom. The van der Waals surface area contributed by atoms with E-state index >= 15 is 0 Å². The van der Waals surface area contributed by atoms with Crippen molar-refractivity contribution in [2.75, 3.05) is 39.4 Å². The summed E-state index contributed by atoms with van der Waals surface area (Å²) < 4.78 is 35.2. The fourth-order valence-electron chi connectivity index (χ4n) is 3.87. The Morgan fingerprint density at radius 3 is 2.55 bits per heavy atom. The van der Waals surface area contributed by atoms with Crippen molar-refractivity contribution in [3.05, 3.63) is 79.9 Å². The Hall–Kier alpha value is -3.37. The van der Waals surface area contributed by atoms with Gasteiger partial charge in [0, 0.05) is 37.5 Å². The summed E-state index contributed by atoms with van der Waals surface area (Å²) in [5.74, 6) is -2.11. The van der Waals surface area contributed by atoms with Gasteiger partial charge in [0.25, 0.3) is 5.91 Å². The predicted octanol–water partition coefficient (Wildman–Crippen LogP) is 1.47. The first-order valence-electron chi connectivity index (χ1n) is 10.7. The molecule has 0 aliphatic carbocycles. The van der Waals surface area contributed by atoms with Crippen LogP contribution in [0.25, 0.3) is 11.0 Å². The number of carbonyl (C=O) groups excluding carboxylic acids is 1. The Morgan fingerprint density at radius 1 is 1.09 bits per heavy atom. The molecule has 1 aliphatic rings. The van der Waals surface area contributed by atoms with Crippen molar-refractivity contribution in [2.24, 2.45) is 0 Å². The summed E-state index contributed by atoms with van der Waals surface area (Å²) in [4.78, 5) is 42.2. The molecule has 1 aliphatic heterocycles. The smallest absolute Gasteiger partial charge is 0.256 e. The molecule has 8 nitrogen and oxygen atoms in total. The van der Waals surface area contributed by atoms with Crippen LogP contribution in [0.15, 0.2) is 46.1 Å². The highest BCUT2D eigenvalue weighted by Crippen LogP contribution is 2.17. The lowest BCUT2D eigenvalue weighted by Crippen LogP contribution is -2.38. The molecule has 10 heteroatoms. The second-order valence-electron chi connectivity index (χ2n) is 7.85. The molecule has 3 aromatic rings. The van der Waals surface area contributed by atoms with Gasteiger partial charge in [-0.2, -0.15) is 0 Å². The quantitative estimate of drug-likeness (QED) is 0.523. The molecule has 0 unspecified atom stereocenters. The molecule has 1 fully saturated rings. The maximum absolute atomic E-state index is 14.2. The number of nitrogens with zero attached hydrogens (tertiary/aromatic N) is 2. The number of fused-ring (bicyclic) bond motifs is 1. The molecule has 1 saturated heterocycles. The zero-order chi connectivity index (χ0) is 23.4. The van der Waals surface area contributed by atoms with E-state index in [2.05, 4.69) is 15.2 Å². The average molecular weight is 458 g/mol. The summed E-state index contributed by atoms with van der Waals surface area (Å²) in [6.45, 7) is 3.91. The number of nitrogens with one attached hydrogen (secondary N) is 2. The fourth-order valence-corrected chi connectivity index (χ4v) is 3.87. The number of carbonyl (C=O) groups is 1. The zero-order valence-corrected chi connectivity index (χ0v) is 17.9. The summed E-state index contributed by atoms with van der Waals surface area (Å²) in [7, 11) is 0. The molecule has 1 aromatic carbocycles. The number of morpholine rings is 1. The lowest BCUT2D eigenvalue weighted by Gasteiger charge is -2.26. The summed E-state index contributed by atoms with van der Waals surface area (Å²) in [6, 6.07) is 6.12. The topological polar surface area (TPSA) is 96.4 Å². The van der Waals surface area contributed by atoms with E-state index in [-0.39, 0.29) is 28.7 Å². The monoisotopic (exact) mass is 458 g/mol. The summed E-state index contributed by atoms with van der Waals surface area (Å²) in [5, 5.41) is 2.72. The van der Waals surface area contributed by atoms with E-state index in [4.69, 9.17) is 4.74 Å². The van der Waals surface area contributed by atoms with E-state index in [1.54, 1.807) is 0 Å². The van der Waals surface area contributed by atoms with Crippen LogP contribution < -0.4 is 16.3 Å². The SMILES string of the molecule is O=C(NCCCN1CCOCC1)c1cn(Cc2c(F)cccc2F)c2ccc(=O)[nH]c2c1=O. The largest absolute Gasteiger partial charge is 0.379 e. The minimum atomic E-state index is -0.750. The van der Waals surface area contributed by atoms with Gasteiger partial charge >= 0.3 is 0 Å². The number of pyridine rings is 2. The third-order valence-electron chi connectivity index (χ3n) is 5.64. The van der Waals surface area contributed by atoms with Crippen LogP contribution in [0, 0.1) is 11.6 Å². The number of aromatic amines is 1. The van der Waals surface area contributed by atoms with Crippen LogP contribution in [0.1, 0.15) is 22.3 Å². The van der Waals surface area contributed by atoms with Crippen molar-refractivity contribution in [1.82, 2.24) is 19.8 Å². The molecule has 2 N–H and O–H groups in total. The number of rotatable bonds is 7. The number of aromatic nitrogens is 2. The van der Waals surface area contributed by atoms with Crippen molar-refractivity contribution in [3.63, 3.8) is 0 Å². The number of hydrogen-bond donors (Lipinski definition) is 2. The number of H-pyrrole nitrogens is 1. The molecule has 1 amide bonds. The van der Waals surface area contributed by atoms with Gasteiger partial charge < -0.3 is 19.6 Å². The van der Waals surface area contributed by atoms with Gasteiger partial charge in [0.1, 0.15) is 22.7 Å². The van der Waals surface area contributed by atoms with Crippen LogP contribution in [0.2, 0.25) is 0 Å². The lowest BCUT2D eigenvalue weighted by atomic mass is 10.1. The van der Waals surface area contributed by atoms with Crippen LogP contribution >= 0.6 is 0 Å². The van der Waals surface area contributed by atoms with E-state index in [9.17, 15) is 23.2 Å². The predicted molar refractivity (Wildman–Crippen MR) is 118 cm³/mol. The third kappa shape index (κ3) is 5.18. The molecule has 2 aromatic heterocycles. The highest BCUT2D eigenvalue weighted by Gasteiger charge is 2.18. The normalized spacial score (nSPS) is 14.5. The minimum absolute atomic E-state index is 0.0970. The number of amides is 1. The molecular formula is C23H24F2N4O4. The van der Waals surface area contributed by atoms with Gasteiger partial charge in [0.15, 0.2) is 0 Å². The van der Waals surface area contributed by atoms with Gasteiger partial charge in [-0.3, -0.25) is 19.3 Å². The van der Waals surface area contributed by atoms with Crippen molar-refractivity contribution in [2.45, 2.75) is 13.0 Å². The van der Waals surface area contributed by atoms with Crippen LogP contribution in [0.5, 0.6) is 0 Å². The van der Waals surface area contributed by atoms with Crippen LogP contribution in [-0.2, 0) is 11.3 Å². The first-order valence-corrected chi connectivity index (χ1v) is 10.7. The second-order valence-corrected chi connectivity index (χ2v) is 7.85. The van der Waals surface area contributed by atoms with E-state index in [1.807, 2.05) is 0 Å². The number of halogens is 2. The first-order chi connectivity index (χ1) is 15.9. The molecule has 33 heavy (non-hydrogen) atoms. The Bertz CT molecular complexity index is 1260. The highest BCUT2D eigenvalue weighted by molar-refractivity contribution is 5.96. The third-order valence-corrected chi connectivity index (χ3v) is 5.64. The first kappa shape index (κ1) is 22.8.